The first-order chi connectivity index (χ1) is 17.3. The van der Waals surface area contributed by atoms with Crippen LogP contribution in [-0.4, -0.2) is 43.8 Å². The third-order valence-corrected chi connectivity index (χ3v) is 7.20. The van der Waals surface area contributed by atoms with Crippen LogP contribution in [0.15, 0.2) is 48.8 Å². The fourth-order valence-electron chi connectivity index (χ4n) is 5.35. The fourth-order valence-corrected chi connectivity index (χ4v) is 5.35. The first kappa shape index (κ1) is 21.8. The molecule has 6 rings (SSSR count). The number of fused-ring (bicyclic) bond motifs is 1. The Kier molecular flexibility index (Phi) is 5.94. The third kappa shape index (κ3) is 4.40. The Hall–Kier alpha value is -3.68. The van der Waals surface area contributed by atoms with Gasteiger partial charge in [0, 0.05) is 30.0 Å². The summed E-state index contributed by atoms with van der Waals surface area (Å²) in [6.07, 6.45) is 13.4. The molecule has 0 aliphatic heterocycles. The van der Waals surface area contributed by atoms with Gasteiger partial charge in [0.15, 0.2) is 0 Å². The van der Waals surface area contributed by atoms with Gasteiger partial charge in [-0.25, -0.2) is 15.0 Å². The van der Waals surface area contributed by atoms with Gasteiger partial charge in [-0.2, -0.15) is 9.61 Å². The molecular weight excluding hydrogens is 438 g/mol. The van der Waals surface area contributed by atoms with Crippen molar-refractivity contribution in [1.29, 1.82) is 0 Å². The van der Waals surface area contributed by atoms with Gasteiger partial charge < -0.3 is 15.4 Å². The topological polar surface area (TPSA) is 89.3 Å². The van der Waals surface area contributed by atoms with E-state index in [0.29, 0.717) is 18.0 Å². The van der Waals surface area contributed by atoms with E-state index in [1.54, 1.807) is 7.11 Å². The molecule has 0 amide bonds. The number of nitrogens with zero attached hydrogens (tertiary/aromatic N) is 5. The molecule has 2 N–H and O–H groups in total. The molecule has 8 nitrogen and oxygen atoms in total. The Labute approximate surface area is 205 Å². The Morgan fingerprint density at radius 2 is 1.51 bits per heavy atom. The number of benzene rings is 1. The molecule has 180 valence electrons. The van der Waals surface area contributed by atoms with Crippen molar-refractivity contribution in [2.24, 2.45) is 0 Å². The van der Waals surface area contributed by atoms with E-state index in [9.17, 15) is 0 Å². The van der Waals surface area contributed by atoms with E-state index in [0.717, 1.165) is 39.7 Å². The van der Waals surface area contributed by atoms with Crippen LogP contribution < -0.4 is 15.4 Å². The fraction of sp³-hybridized carbons (Fsp3) is 0.407. The Morgan fingerprint density at radius 3 is 2.23 bits per heavy atom. The predicted octanol–water partition coefficient (Wildman–Crippen LogP) is 5.57. The van der Waals surface area contributed by atoms with E-state index in [2.05, 4.69) is 20.6 Å². The zero-order valence-electron chi connectivity index (χ0n) is 20.1. The number of hydrogen-bond acceptors (Lipinski definition) is 7. The highest BCUT2D eigenvalue weighted by molar-refractivity contribution is 5.91. The number of ether oxygens (including phenoxy) is 1. The monoisotopic (exact) mass is 469 g/mol. The van der Waals surface area contributed by atoms with Crippen molar-refractivity contribution < 1.29 is 4.74 Å². The summed E-state index contributed by atoms with van der Waals surface area (Å²) >= 11 is 0. The first-order valence-corrected chi connectivity index (χ1v) is 12.7. The SMILES string of the molecule is COc1ccc(-c2nn3c(NC4CCCC4)nccc3c2-c2ccnc(NC3CCCC3)n2)cc1. The predicted molar refractivity (Wildman–Crippen MR) is 138 cm³/mol. The maximum atomic E-state index is 5.38. The number of hydrogen-bond donors (Lipinski definition) is 2. The van der Waals surface area contributed by atoms with Gasteiger partial charge in [-0.1, -0.05) is 25.7 Å². The van der Waals surface area contributed by atoms with Crippen LogP contribution in [-0.2, 0) is 0 Å². The minimum atomic E-state index is 0.437. The number of rotatable bonds is 7. The second-order valence-corrected chi connectivity index (χ2v) is 9.53. The van der Waals surface area contributed by atoms with E-state index >= 15 is 0 Å². The van der Waals surface area contributed by atoms with Crippen LogP contribution in [0.2, 0.25) is 0 Å². The quantitative estimate of drug-likeness (QED) is 0.366. The van der Waals surface area contributed by atoms with Crippen LogP contribution in [0.25, 0.3) is 28.0 Å². The molecule has 2 fully saturated rings. The average molecular weight is 470 g/mol. The Morgan fingerprint density at radius 1 is 0.829 bits per heavy atom. The molecule has 1 aromatic carbocycles. The van der Waals surface area contributed by atoms with Gasteiger partial charge in [-0.15, -0.1) is 0 Å². The molecule has 0 unspecified atom stereocenters. The van der Waals surface area contributed by atoms with Crippen molar-refractivity contribution >= 4 is 17.4 Å². The second kappa shape index (κ2) is 9.52. The van der Waals surface area contributed by atoms with Gasteiger partial charge >= 0.3 is 0 Å². The van der Waals surface area contributed by atoms with Crippen LogP contribution in [0.5, 0.6) is 5.75 Å². The normalized spacial score (nSPS) is 16.7. The lowest BCUT2D eigenvalue weighted by molar-refractivity contribution is 0.415. The number of aromatic nitrogens is 5. The standard InChI is InChI=1S/C27H31N7O/c1-35-21-12-10-18(11-13-21)25-24(22-14-16-28-26(32-22)30-19-6-2-3-7-19)23-15-17-29-27(34(23)33-25)31-20-8-4-5-9-20/h10-17,19-20H,2-9H2,1H3,(H,29,31)(H,28,30,32). The Bertz CT molecular complexity index is 1310. The summed E-state index contributed by atoms with van der Waals surface area (Å²) < 4.78 is 7.31. The molecule has 0 radical (unpaired) electrons. The first-order valence-electron chi connectivity index (χ1n) is 12.7. The Balaban J connectivity index is 1.47. The van der Waals surface area contributed by atoms with Gasteiger partial charge in [0.05, 0.1) is 23.9 Å². The van der Waals surface area contributed by atoms with E-state index in [1.165, 1.54) is 51.4 Å². The molecule has 3 aromatic heterocycles. The summed E-state index contributed by atoms with van der Waals surface area (Å²) in [6, 6.07) is 12.9. The summed E-state index contributed by atoms with van der Waals surface area (Å²) in [5.74, 6) is 2.26. The van der Waals surface area contributed by atoms with Crippen LogP contribution >= 0.6 is 0 Å². The molecule has 0 bridgehead atoms. The number of nitrogens with one attached hydrogen (secondary N) is 2. The lowest BCUT2D eigenvalue weighted by Gasteiger charge is -2.13. The highest BCUT2D eigenvalue weighted by atomic mass is 16.5. The van der Waals surface area contributed by atoms with E-state index < -0.39 is 0 Å². The van der Waals surface area contributed by atoms with Crippen LogP contribution in [0, 0.1) is 0 Å². The van der Waals surface area contributed by atoms with E-state index in [4.69, 9.17) is 14.8 Å². The van der Waals surface area contributed by atoms with Crippen LogP contribution in [0.3, 0.4) is 0 Å². The summed E-state index contributed by atoms with van der Waals surface area (Å²) in [5, 5.41) is 12.2. The maximum Gasteiger partial charge on any atom is 0.224 e. The largest absolute Gasteiger partial charge is 0.497 e. The lowest BCUT2D eigenvalue weighted by Crippen LogP contribution is -2.18. The van der Waals surface area contributed by atoms with Gasteiger partial charge in [-0.3, -0.25) is 0 Å². The van der Waals surface area contributed by atoms with Gasteiger partial charge in [0.1, 0.15) is 11.4 Å². The summed E-state index contributed by atoms with van der Waals surface area (Å²) in [6.45, 7) is 0. The summed E-state index contributed by atoms with van der Waals surface area (Å²) in [4.78, 5) is 14.1. The van der Waals surface area contributed by atoms with E-state index in [-0.39, 0.29) is 0 Å². The molecule has 2 aliphatic carbocycles. The zero-order valence-corrected chi connectivity index (χ0v) is 20.1. The van der Waals surface area contributed by atoms with Gasteiger partial charge in [-0.05, 0) is 62.1 Å². The summed E-state index contributed by atoms with van der Waals surface area (Å²) in [5.41, 5.74) is 4.65. The molecular formula is C27H31N7O. The molecule has 0 spiro atoms. The second-order valence-electron chi connectivity index (χ2n) is 9.53. The molecule has 2 aliphatic rings. The third-order valence-electron chi connectivity index (χ3n) is 7.20. The number of anilines is 2. The van der Waals surface area contributed by atoms with Crippen molar-refractivity contribution in [1.82, 2.24) is 24.6 Å². The highest BCUT2D eigenvalue weighted by Crippen LogP contribution is 2.36. The average Bonchev–Trinajstić information content (AvgIpc) is 3.66. The van der Waals surface area contributed by atoms with Crippen LogP contribution in [0.4, 0.5) is 11.9 Å². The number of methoxy groups -OCH3 is 1. The molecule has 8 heteroatoms. The smallest absolute Gasteiger partial charge is 0.224 e. The van der Waals surface area contributed by atoms with Crippen molar-refractivity contribution in [3.8, 4) is 28.3 Å². The van der Waals surface area contributed by atoms with Crippen molar-refractivity contribution in [3.63, 3.8) is 0 Å². The maximum absolute atomic E-state index is 5.38. The highest BCUT2D eigenvalue weighted by Gasteiger charge is 2.23. The summed E-state index contributed by atoms with van der Waals surface area (Å²) in [7, 11) is 1.68. The molecule has 0 atom stereocenters. The molecule has 35 heavy (non-hydrogen) atoms. The molecule has 4 aromatic rings. The molecule has 2 saturated carbocycles. The van der Waals surface area contributed by atoms with Crippen molar-refractivity contribution in [3.05, 3.63) is 48.8 Å². The minimum Gasteiger partial charge on any atom is -0.497 e. The lowest BCUT2D eigenvalue weighted by atomic mass is 10.0. The van der Waals surface area contributed by atoms with Crippen LogP contribution in [0.1, 0.15) is 51.4 Å². The van der Waals surface area contributed by atoms with Gasteiger partial charge in [0.2, 0.25) is 11.9 Å². The van der Waals surface area contributed by atoms with E-state index in [1.807, 2.05) is 53.3 Å². The minimum absolute atomic E-state index is 0.437. The van der Waals surface area contributed by atoms with Gasteiger partial charge in [0.25, 0.3) is 0 Å². The van der Waals surface area contributed by atoms with Crippen molar-refractivity contribution in [2.75, 3.05) is 17.7 Å². The molecule has 3 heterocycles. The molecule has 0 saturated heterocycles. The zero-order chi connectivity index (χ0) is 23.6. The van der Waals surface area contributed by atoms with Crippen molar-refractivity contribution in [2.45, 2.75) is 63.5 Å².